The summed E-state index contributed by atoms with van der Waals surface area (Å²) in [5, 5.41) is 0. The monoisotopic (exact) mass is 646 g/mol. The van der Waals surface area contributed by atoms with E-state index in [-0.39, 0.29) is 11.0 Å². The number of hydrogen-bond acceptors (Lipinski definition) is 4. The first-order chi connectivity index (χ1) is 22.7. The largest absolute Gasteiger partial charge is 0.365 e. The first kappa shape index (κ1) is 34.5. The van der Waals surface area contributed by atoms with Crippen molar-refractivity contribution in [3.8, 4) is 11.1 Å². The molecule has 1 spiro atoms. The van der Waals surface area contributed by atoms with Gasteiger partial charge in [0.2, 0.25) is 0 Å². The van der Waals surface area contributed by atoms with Gasteiger partial charge in [-0.25, -0.2) is 0 Å². The smallest absolute Gasteiger partial charge is 0.253 e. The molecule has 256 valence electrons. The van der Waals surface area contributed by atoms with Crippen LogP contribution in [0.4, 0.5) is 0 Å². The molecule has 3 aliphatic rings. The quantitative estimate of drug-likeness (QED) is 0.229. The number of hydrogen-bond donors (Lipinski definition) is 0. The van der Waals surface area contributed by atoms with E-state index in [4.69, 9.17) is 0 Å². The summed E-state index contributed by atoms with van der Waals surface area (Å²) < 4.78 is 1.71. The van der Waals surface area contributed by atoms with E-state index in [2.05, 4.69) is 112 Å². The molecule has 6 rings (SSSR count). The molecule has 1 aromatic heterocycles. The van der Waals surface area contributed by atoms with E-state index >= 15 is 0 Å². The van der Waals surface area contributed by atoms with Crippen LogP contribution in [-0.2, 0) is 26.6 Å². The van der Waals surface area contributed by atoms with Crippen LogP contribution in [0.1, 0.15) is 98.9 Å². The number of aromatic nitrogens is 1. The van der Waals surface area contributed by atoms with Gasteiger partial charge in [-0.15, -0.1) is 0 Å². The van der Waals surface area contributed by atoms with Gasteiger partial charge in [-0.3, -0.25) is 14.6 Å². The lowest BCUT2D eigenvalue weighted by Crippen LogP contribution is -2.54. The molecule has 1 unspecified atom stereocenters. The molecule has 1 saturated carbocycles. The highest BCUT2D eigenvalue weighted by molar-refractivity contribution is 5.68. The fourth-order valence-corrected chi connectivity index (χ4v) is 8.41. The molecule has 48 heavy (non-hydrogen) atoms. The molecule has 0 amide bonds. The Bertz CT molecular complexity index is 1800. The molecular weight excluding hydrogens is 589 g/mol. The van der Waals surface area contributed by atoms with Gasteiger partial charge in [0.1, 0.15) is 0 Å². The Balaban J connectivity index is 1.13. The maximum atomic E-state index is 12.4. The summed E-state index contributed by atoms with van der Waals surface area (Å²) in [6, 6.07) is 14.3. The molecule has 2 aromatic carbocycles. The molecular formula is C43H58N4O. The normalized spacial score (nSPS) is 19.9. The van der Waals surface area contributed by atoms with Gasteiger partial charge in [-0.1, -0.05) is 76.7 Å². The van der Waals surface area contributed by atoms with Gasteiger partial charge in [0.15, 0.2) is 0 Å². The van der Waals surface area contributed by atoms with Crippen molar-refractivity contribution in [2.45, 2.75) is 106 Å². The zero-order valence-electron chi connectivity index (χ0n) is 31.2. The van der Waals surface area contributed by atoms with Crippen LogP contribution >= 0.6 is 0 Å². The van der Waals surface area contributed by atoms with Crippen LogP contribution in [0, 0.1) is 26.2 Å². The molecule has 1 aliphatic carbocycles. The lowest BCUT2D eigenvalue weighted by atomic mass is 9.87. The van der Waals surface area contributed by atoms with Crippen molar-refractivity contribution in [3.63, 3.8) is 0 Å². The molecule has 1 saturated heterocycles. The van der Waals surface area contributed by atoms with Gasteiger partial charge in [0, 0.05) is 74.9 Å². The third kappa shape index (κ3) is 6.73. The van der Waals surface area contributed by atoms with Crippen LogP contribution in [0.25, 0.3) is 11.1 Å². The Morgan fingerprint density at radius 3 is 2.42 bits per heavy atom. The zero-order valence-corrected chi connectivity index (χ0v) is 31.2. The minimum Gasteiger partial charge on any atom is -0.365 e. The Morgan fingerprint density at radius 1 is 1.00 bits per heavy atom. The number of piperazine rings is 1. The number of allylic oxidation sites excluding steroid dienone is 2. The summed E-state index contributed by atoms with van der Waals surface area (Å²) in [6.07, 6.45) is 9.09. The number of pyridine rings is 1. The molecule has 0 N–H and O–H groups in total. The van der Waals surface area contributed by atoms with Crippen molar-refractivity contribution in [2.24, 2.45) is 12.5 Å². The fourth-order valence-electron chi connectivity index (χ4n) is 8.41. The summed E-state index contributed by atoms with van der Waals surface area (Å²) in [5.41, 5.74) is 14.7. The highest BCUT2D eigenvalue weighted by atomic mass is 16.1. The molecule has 3 heterocycles. The first-order valence-corrected chi connectivity index (χ1v) is 18.2. The Hall–Kier alpha value is -3.41. The van der Waals surface area contributed by atoms with Crippen LogP contribution in [0.2, 0.25) is 0 Å². The second kappa shape index (κ2) is 13.1. The highest BCUT2D eigenvalue weighted by Gasteiger charge is 2.51. The third-order valence-corrected chi connectivity index (χ3v) is 11.6. The van der Waals surface area contributed by atoms with Gasteiger partial charge < -0.3 is 9.47 Å². The topological polar surface area (TPSA) is 31.7 Å². The van der Waals surface area contributed by atoms with Crippen molar-refractivity contribution < 1.29 is 0 Å². The maximum absolute atomic E-state index is 12.4. The van der Waals surface area contributed by atoms with Crippen molar-refractivity contribution in [2.75, 3.05) is 26.2 Å². The number of nitrogens with zero attached hydrogens (tertiary/aromatic N) is 4. The van der Waals surface area contributed by atoms with E-state index in [1.165, 1.54) is 51.9 Å². The third-order valence-electron chi connectivity index (χ3n) is 11.6. The van der Waals surface area contributed by atoms with E-state index in [0.717, 1.165) is 68.8 Å². The van der Waals surface area contributed by atoms with Crippen LogP contribution in [0.3, 0.4) is 0 Å². The van der Waals surface area contributed by atoms with Crippen LogP contribution < -0.4 is 5.56 Å². The molecule has 1 atom stereocenters. The standard InChI is InChI=1S/C43H58N4O/c1-11-34(24-42(7,8)9)32(5)47-20-17-39-37(13-12-14-38(39)33(47)6)26-46-22-21-45(28-43(46)18-19-43)25-36-16-15-35(23-29(36)2)40-27-44(10)41(48)31(4)30(40)3/h12-16,23-24,27,33H,5,11,17-22,25-26,28H2,1-4,6-10H3/b34-24+. The minimum absolute atomic E-state index is 0.0857. The Kier molecular flexibility index (Phi) is 9.43. The molecule has 0 radical (unpaired) electrons. The predicted molar refractivity (Wildman–Crippen MR) is 201 cm³/mol. The van der Waals surface area contributed by atoms with Gasteiger partial charge >= 0.3 is 0 Å². The summed E-state index contributed by atoms with van der Waals surface area (Å²) in [6.45, 7) is 28.8. The predicted octanol–water partition coefficient (Wildman–Crippen LogP) is 8.64. The van der Waals surface area contributed by atoms with Gasteiger partial charge in [-0.05, 0) is 103 Å². The highest BCUT2D eigenvalue weighted by Crippen LogP contribution is 2.46. The average Bonchev–Trinajstić information content (AvgIpc) is 3.82. The maximum Gasteiger partial charge on any atom is 0.253 e. The van der Waals surface area contributed by atoms with Crippen molar-refractivity contribution in [1.29, 1.82) is 0 Å². The Labute approximate surface area is 290 Å². The molecule has 5 heteroatoms. The van der Waals surface area contributed by atoms with Crippen LogP contribution in [0.5, 0.6) is 0 Å². The number of benzene rings is 2. The molecule has 2 fully saturated rings. The SMILES string of the molecule is C=C(/C(=C/C(C)(C)C)CC)N1CCc2c(CN3CCN(Cc4ccc(-c5cn(C)c(=O)c(C)c5C)cc4C)CC34CC4)cccc2C1C. The lowest BCUT2D eigenvalue weighted by molar-refractivity contribution is 0.0486. The lowest BCUT2D eigenvalue weighted by Gasteiger charge is -2.44. The minimum atomic E-state index is 0.0857. The molecule has 3 aromatic rings. The van der Waals surface area contributed by atoms with Crippen LogP contribution in [0.15, 0.2) is 71.3 Å². The molecule has 0 bridgehead atoms. The van der Waals surface area contributed by atoms with E-state index < -0.39 is 0 Å². The zero-order chi connectivity index (χ0) is 34.5. The van der Waals surface area contributed by atoms with Gasteiger partial charge in [0.25, 0.3) is 5.56 Å². The molecule has 5 nitrogen and oxygen atoms in total. The summed E-state index contributed by atoms with van der Waals surface area (Å²) >= 11 is 0. The summed E-state index contributed by atoms with van der Waals surface area (Å²) in [7, 11) is 1.85. The van der Waals surface area contributed by atoms with E-state index in [0.29, 0.717) is 11.6 Å². The Morgan fingerprint density at radius 2 is 1.75 bits per heavy atom. The number of rotatable bonds is 8. The molecule has 2 aliphatic heterocycles. The van der Waals surface area contributed by atoms with Crippen molar-refractivity contribution in [1.82, 2.24) is 19.3 Å². The number of aryl methyl sites for hydroxylation is 2. The van der Waals surface area contributed by atoms with E-state index in [9.17, 15) is 4.79 Å². The summed E-state index contributed by atoms with van der Waals surface area (Å²) in [4.78, 5) is 20.5. The van der Waals surface area contributed by atoms with Gasteiger partial charge in [-0.2, -0.15) is 0 Å². The van der Waals surface area contributed by atoms with E-state index in [1.54, 1.807) is 10.1 Å². The number of fused-ring (bicyclic) bond motifs is 1. The van der Waals surface area contributed by atoms with E-state index in [1.807, 2.05) is 20.2 Å². The van der Waals surface area contributed by atoms with Crippen LogP contribution in [-0.4, -0.2) is 51.0 Å². The fraction of sp³-hybridized carbons (Fsp3) is 0.512. The first-order valence-electron chi connectivity index (χ1n) is 18.2. The van der Waals surface area contributed by atoms with Crippen molar-refractivity contribution in [3.05, 3.63) is 116 Å². The van der Waals surface area contributed by atoms with Gasteiger partial charge in [0.05, 0.1) is 6.04 Å². The second-order valence-electron chi connectivity index (χ2n) is 16.1. The van der Waals surface area contributed by atoms with Crippen molar-refractivity contribution >= 4 is 0 Å². The second-order valence-corrected chi connectivity index (χ2v) is 16.1. The average molecular weight is 647 g/mol. The summed E-state index contributed by atoms with van der Waals surface area (Å²) in [5.74, 6) is 0.